The molecule has 76 valence electrons. The Bertz CT molecular complexity index is 215. The second-order valence-electron chi connectivity index (χ2n) is 4.38. The molecule has 0 aromatic heterocycles. The molecule has 0 radical (unpaired) electrons. The summed E-state index contributed by atoms with van der Waals surface area (Å²) in [6, 6.07) is 0. The first-order chi connectivity index (χ1) is 5.77. The normalized spacial score (nSPS) is 16.3. The van der Waals surface area contributed by atoms with Gasteiger partial charge >= 0.3 is 0 Å². The van der Waals surface area contributed by atoms with Crippen LogP contribution in [0.25, 0.3) is 0 Å². The SMILES string of the molecule is CC(C)=C(C)C(C)(O)/C=C/C(C)C. The maximum atomic E-state index is 10.1. The molecule has 1 nitrogen and oxygen atoms in total. The minimum Gasteiger partial charge on any atom is -0.382 e. The highest BCUT2D eigenvalue weighted by molar-refractivity contribution is 5.25. The molecule has 0 aliphatic carbocycles. The van der Waals surface area contributed by atoms with Crippen LogP contribution in [0.3, 0.4) is 0 Å². The zero-order valence-electron chi connectivity index (χ0n) is 9.68. The minimum atomic E-state index is -0.789. The van der Waals surface area contributed by atoms with E-state index in [0.29, 0.717) is 5.92 Å². The summed E-state index contributed by atoms with van der Waals surface area (Å²) in [4.78, 5) is 0. The number of aliphatic hydroxyl groups is 1. The first-order valence-corrected chi connectivity index (χ1v) is 4.83. The molecule has 1 heteroatoms. The highest BCUT2D eigenvalue weighted by atomic mass is 16.3. The molecule has 0 rings (SSSR count). The van der Waals surface area contributed by atoms with E-state index in [2.05, 4.69) is 13.8 Å². The van der Waals surface area contributed by atoms with Gasteiger partial charge < -0.3 is 5.11 Å². The Hall–Kier alpha value is -0.560. The molecular formula is C12H22O. The molecule has 1 N–H and O–H groups in total. The summed E-state index contributed by atoms with van der Waals surface area (Å²) < 4.78 is 0. The van der Waals surface area contributed by atoms with Gasteiger partial charge in [-0.3, -0.25) is 0 Å². The van der Waals surface area contributed by atoms with E-state index in [-0.39, 0.29) is 0 Å². The fourth-order valence-electron chi connectivity index (χ4n) is 1.01. The predicted octanol–water partition coefficient (Wildman–Crippen LogP) is 3.31. The average Bonchev–Trinajstić information content (AvgIpc) is 1.99. The second-order valence-corrected chi connectivity index (χ2v) is 4.38. The molecule has 0 heterocycles. The van der Waals surface area contributed by atoms with Crippen molar-refractivity contribution in [1.29, 1.82) is 0 Å². The van der Waals surface area contributed by atoms with Gasteiger partial charge in [0.25, 0.3) is 0 Å². The first kappa shape index (κ1) is 12.4. The number of hydrogen-bond acceptors (Lipinski definition) is 1. The zero-order chi connectivity index (χ0) is 10.6. The summed E-state index contributed by atoms with van der Waals surface area (Å²) >= 11 is 0. The molecule has 0 saturated carbocycles. The van der Waals surface area contributed by atoms with Crippen LogP contribution in [0.4, 0.5) is 0 Å². The van der Waals surface area contributed by atoms with Gasteiger partial charge in [0.05, 0.1) is 0 Å². The summed E-state index contributed by atoms with van der Waals surface area (Å²) in [5.74, 6) is 0.483. The standard InChI is InChI=1S/C12H22O/c1-9(2)7-8-12(6,13)11(5)10(3)4/h7-9,13H,1-6H3/b8-7+. The van der Waals surface area contributed by atoms with Crippen molar-refractivity contribution in [3.8, 4) is 0 Å². The predicted molar refractivity (Wildman–Crippen MR) is 58.6 cm³/mol. The van der Waals surface area contributed by atoms with Crippen LogP contribution in [-0.4, -0.2) is 10.7 Å². The highest BCUT2D eigenvalue weighted by Crippen LogP contribution is 2.21. The minimum absolute atomic E-state index is 0.483. The van der Waals surface area contributed by atoms with Crippen molar-refractivity contribution in [2.24, 2.45) is 5.92 Å². The summed E-state index contributed by atoms with van der Waals surface area (Å²) in [5.41, 5.74) is 1.42. The van der Waals surface area contributed by atoms with Crippen molar-refractivity contribution in [3.05, 3.63) is 23.3 Å². The molecular weight excluding hydrogens is 160 g/mol. The summed E-state index contributed by atoms with van der Waals surface area (Å²) in [6.07, 6.45) is 3.91. The van der Waals surface area contributed by atoms with Gasteiger partial charge in [-0.1, -0.05) is 31.6 Å². The van der Waals surface area contributed by atoms with E-state index in [1.54, 1.807) is 0 Å². The topological polar surface area (TPSA) is 20.2 Å². The molecule has 13 heavy (non-hydrogen) atoms. The third kappa shape index (κ3) is 4.28. The molecule has 0 bridgehead atoms. The molecule has 1 unspecified atom stereocenters. The highest BCUT2D eigenvalue weighted by Gasteiger charge is 2.19. The fourth-order valence-corrected chi connectivity index (χ4v) is 1.01. The Morgan fingerprint density at radius 2 is 1.69 bits per heavy atom. The zero-order valence-corrected chi connectivity index (χ0v) is 9.68. The lowest BCUT2D eigenvalue weighted by atomic mass is 9.92. The van der Waals surface area contributed by atoms with Crippen LogP contribution in [0.5, 0.6) is 0 Å². The third-order valence-electron chi connectivity index (χ3n) is 2.31. The van der Waals surface area contributed by atoms with E-state index < -0.39 is 5.60 Å². The number of hydrogen-bond donors (Lipinski definition) is 1. The van der Waals surface area contributed by atoms with E-state index in [4.69, 9.17) is 0 Å². The van der Waals surface area contributed by atoms with Crippen molar-refractivity contribution in [2.75, 3.05) is 0 Å². The molecule has 0 spiro atoms. The van der Waals surface area contributed by atoms with Gasteiger partial charge in [0, 0.05) is 0 Å². The quantitative estimate of drug-likeness (QED) is 0.664. The van der Waals surface area contributed by atoms with E-state index in [0.717, 1.165) is 5.57 Å². The smallest absolute Gasteiger partial charge is 0.101 e. The fraction of sp³-hybridized carbons (Fsp3) is 0.667. The van der Waals surface area contributed by atoms with Crippen LogP contribution < -0.4 is 0 Å². The molecule has 0 saturated heterocycles. The van der Waals surface area contributed by atoms with Crippen molar-refractivity contribution in [1.82, 2.24) is 0 Å². The van der Waals surface area contributed by atoms with Crippen LogP contribution in [0, 0.1) is 5.92 Å². The Labute approximate surface area is 82.2 Å². The maximum absolute atomic E-state index is 10.1. The lowest BCUT2D eigenvalue weighted by molar-refractivity contribution is 0.149. The van der Waals surface area contributed by atoms with Crippen molar-refractivity contribution in [3.63, 3.8) is 0 Å². The van der Waals surface area contributed by atoms with Crippen LogP contribution in [0.2, 0.25) is 0 Å². The van der Waals surface area contributed by atoms with Crippen LogP contribution >= 0.6 is 0 Å². The Morgan fingerprint density at radius 3 is 2.00 bits per heavy atom. The van der Waals surface area contributed by atoms with Gasteiger partial charge in [-0.15, -0.1) is 0 Å². The van der Waals surface area contributed by atoms with Crippen LogP contribution in [0.15, 0.2) is 23.3 Å². The average molecular weight is 182 g/mol. The lowest BCUT2D eigenvalue weighted by Gasteiger charge is -2.22. The van der Waals surface area contributed by atoms with E-state index in [1.807, 2.05) is 39.8 Å². The number of allylic oxidation sites excluding steroid dienone is 2. The monoisotopic (exact) mass is 182 g/mol. The van der Waals surface area contributed by atoms with E-state index in [9.17, 15) is 5.11 Å². The van der Waals surface area contributed by atoms with Crippen molar-refractivity contribution < 1.29 is 5.11 Å². The summed E-state index contributed by atoms with van der Waals surface area (Å²) in [6.45, 7) is 12.0. The molecule has 0 amide bonds. The van der Waals surface area contributed by atoms with E-state index >= 15 is 0 Å². The number of rotatable bonds is 3. The maximum Gasteiger partial charge on any atom is 0.101 e. The Morgan fingerprint density at radius 1 is 1.23 bits per heavy atom. The molecule has 0 fully saturated rings. The molecule has 0 aromatic carbocycles. The largest absolute Gasteiger partial charge is 0.382 e. The summed E-state index contributed by atoms with van der Waals surface area (Å²) in [5, 5.41) is 10.1. The second kappa shape index (κ2) is 4.61. The van der Waals surface area contributed by atoms with Gasteiger partial charge in [0.2, 0.25) is 0 Å². The van der Waals surface area contributed by atoms with Crippen molar-refractivity contribution in [2.45, 2.75) is 47.1 Å². The molecule has 1 atom stereocenters. The summed E-state index contributed by atoms with van der Waals surface area (Å²) in [7, 11) is 0. The van der Waals surface area contributed by atoms with Crippen molar-refractivity contribution >= 4 is 0 Å². The van der Waals surface area contributed by atoms with Gasteiger partial charge in [0.1, 0.15) is 5.60 Å². The van der Waals surface area contributed by atoms with Gasteiger partial charge in [-0.2, -0.15) is 0 Å². The first-order valence-electron chi connectivity index (χ1n) is 4.83. The molecule has 0 aliphatic rings. The van der Waals surface area contributed by atoms with Crippen LogP contribution in [0.1, 0.15) is 41.5 Å². The van der Waals surface area contributed by atoms with Crippen LogP contribution in [-0.2, 0) is 0 Å². The van der Waals surface area contributed by atoms with E-state index in [1.165, 1.54) is 5.57 Å². The lowest BCUT2D eigenvalue weighted by Crippen LogP contribution is -2.23. The Balaban J connectivity index is 4.68. The Kier molecular flexibility index (Phi) is 4.41. The van der Waals surface area contributed by atoms with Gasteiger partial charge in [0.15, 0.2) is 0 Å². The third-order valence-corrected chi connectivity index (χ3v) is 2.31. The van der Waals surface area contributed by atoms with Gasteiger partial charge in [-0.25, -0.2) is 0 Å². The molecule has 0 aromatic rings. The molecule has 0 aliphatic heterocycles. The van der Waals surface area contributed by atoms with Gasteiger partial charge in [-0.05, 0) is 39.2 Å².